The zero-order chi connectivity index (χ0) is 29.4. The number of benzene rings is 1. The second-order valence-corrected chi connectivity index (χ2v) is 8.96. The lowest BCUT2D eigenvalue weighted by molar-refractivity contribution is -0.288. The minimum absolute atomic E-state index is 0.0990. The van der Waals surface area contributed by atoms with Crippen molar-refractivity contribution in [2.75, 3.05) is 40.0 Å². The summed E-state index contributed by atoms with van der Waals surface area (Å²) < 4.78 is 44.0. The smallest absolute Gasteiger partial charge is 0.303 e. The molecule has 14 nitrogen and oxygen atoms in total. The lowest BCUT2D eigenvalue weighted by Crippen LogP contribution is -2.63. The van der Waals surface area contributed by atoms with E-state index in [9.17, 15) is 24.0 Å². The zero-order valence-electron chi connectivity index (χ0n) is 22.9. The number of amides is 1. The van der Waals surface area contributed by atoms with Crippen molar-refractivity contribution < 1.29 is 61.9 Å². The third-order valence-corrected chi connectivity index (χ3v) is 5.90. The number of nitrogens with zero attached hydrogens (tertiary/aromatic N) is 1. The van der Waals surface area contributed by atoms with Gasteiger partial charge in [0.1, 0.15) is 12.7 Å². The van der Waals surface area contributed by atoms with Gasteiger partial charge in [-0.05, 0) is 18.2 Å². The number of ether oxygens (including phenoxy) is 8. The average Bonchev–Trinajstić information content (AvgIpc) is 2.90. The van der Waals surface area contributed by atoms with E-state index in [0.717, 1.165) is 20.8 Å². The summed E-state index contributed by atoms with van der Waals surface area (Å²) in [5.74, 6) is -2.89. The summed E-state index contributed by atoms with van der Waals surface area (Å²) in [7, 11) is 1.37. The van der Waals surface area contributed by atoms with E-state index in [1.165, 1.54) is 32.2 Å². The summed E-state index contributed by atoms with van der Waals surface area (Å²) in [4.78, 5) is 62.0. The molecule has 1 amide bonds. The number of morpholine rings is 1. The van der Waals surface area contributed by atoms with E-state index in [1.807, 2.05) is 0 Å². The van der Waals surface area contributed by atoms with Crippen LogP contribution >= 0.6 is 0 Å². The molecule has 5 atom stereocenters. The van der Waals surface area contributed by atoms with E-state index in [-0.39, 0.29) is 17.4 Å². The Morgan fingerprint density at radius 3 is 2.00 bits per heavy atom. The Hall–Kier alpha value is -3.91. The molecule has 0 aliphatic carbocycles. The molecule has 0 radical (unpaired) electrons. The van der Waals surface area contributed by atoms with E-state index >= 15 is 0 Å². The molecule has 2 aliphatic rings. The fraction of sp³-hybridized carbons (Fsp3) is 0.577. The molecule has 0 saturated carbocycles. The number of methoxy groups -OCH3 is 1. The molecular weight excluding hydrogens is 534 g/mol. The first-order chi connectivity index (χ1) is 19.0. The van der Waals surface area contributed by atoms with E-state index in [4.69, 9.17) is 37.9 Å². The minimum atomic E-state index is -1.45. The van der Waals surface area contributed by atoms with Crippen LogP contribution in [-0.2, 0) is 47.6 Å². The van der Waals surface area contributed by atoms with Gasteiger partial charge in [0, 0.05) is 46.3 Å². The molecule has 2 fully saturated rings. The van der Waals surface area contributed by atoms with Gasteiger partial charge in [-0.1, -0.05) is 0 Å². The molecule has 2 saturated heterocycles. The standard InChI is InChI=1S/C26H33NO13/c1-14(28)35-13-21-22(36-15(2)29)23(37-16(3)30)24(38-17(4)31)26(40-21)39-19-7-6-18(12-20(19)33-5)25(32)27-8-10-34-11-9-27/h6-7,12,21-24,26H,8-11,13H2,1-5H3/t21-,22-,23+,24+,26-/m1/s1. The lowest BCUT2D eigenvalue weighted by Gasteiger charge is -2.44. The topological polar surface area (TPSA) is 162 Å². The highest BCUT2D eigenvalue weighted by Crippen LogP contribution is 2.35. The van der Waals surface area contributed by atoms with Gasteiger partial charge in [0.25, 0.3) is 5.91 Å². The van der Waals surface area contributed by atoms with Crippen molar-refractivity contribution >= 4 is 29.8 Å². The summed E-state index contributed by atoms with van der Waals surface area (Å²) in [5, 5.41) is 0. The third-order valence-electron chi connectivity index (χ3n) is 5.90. The molecule has 0 spiro atoms. The van der Waals surface area contributed by atoms with E-state index < -0.39 is 61.2 Å². The molecular formula is C26H33NO13. The second-order valence-electron chi connectivity index (χ2n) is 8.96. The summed E-state index contributed by atoms with van der Waals surface area (Å²) >= 11 is 0. The first-order valence-electron chi connectivity index (χ1n) is 12.5. The molecule has 0 unspecified atom stereocenters. The molecule has 0 bridgehead atoms. The van der Waals surface area contributed by atoms with Crippen molar-refractivity contribution in [3.63, 3.8) is 0 Å². The van der Waals surface area contributed by atoms with Gasteiger partial charge in [0.15, 0.2) is 23.7 Å². The fourth-order valence-electron chi connectivity index (χ4n) is 4.26. The molecule has 0 aromatic heterocycles. The number of hydrogen-bond donors (Lipinski definition) is 0. The maximum absolute atomic E-state index is 12.9. The molecule has 0 N–H and O–H groups in total. The van der Waals surface area contributed by atoms with Gasteiger partial charge in [-0.3, -0.25) is 24.0 Å². The highest BCUT2D eigenvalue weighted by molar-refractivity contribution is 5.95. The Morgan fingerprint density at radius 1 is 0.825 bits per heavy atom. The van der Waals surface area contributed by atoms with E-state index in [2.05, 4.69) is 0 Å². The SMILES string of the molecule is COc1cc(C(=O)N2CCOCC2)ccc1O[C@@H]1O[C@H](COC(C)=O)[C@@H](OC(C)=O)[C@H](OC(C)=O)[C@@H]1OC(C)=O. The van der Waals surface area contributed by atoms with E-state index in [1.54, 1.807) is 4.90 Å². The van der Waals surface area contributed by atoms with Crippen LogP contribution in [0.4, 0.5) is 0 Å². The zero-order valence-corrected chi connectivity index (χ0v) is 22.9. The van der Waals surface area contributed by atoms with Crippen molar-refractivity contribution in [3.05, 3.63) is 23.8 Å². The van der Waals surface area contributed by atoms with Gasteiger partial charge in [-0.15, -0.1) is 0 Å². The van der Waals surface area contributed by atoms with Crippen LogP contribution in [0.5, 0.6) is 11.5 Å². The van der Waals surface area contributed by atoms with Gasteiger partial charge in [0.2, 0.25) is 12.4 Å². The molecule has 14 heteroatoms. The molecule has 2 heterocycles. The summed E-state index contributed by atoms with van der Waals surface area (Å²) in [5.41, 5.74) is 0.340. The fourth-order valence-corrected chi connectivity index (χ4v) is 4.26. The van der Waals surface area contributed by atoms with Crippen LogP contribution in [0.15, 0.2) is 18.2 Å². The molecule has 1 aromatic carbocycles. The maximum atomic E-state index is 12.9. The van der Waals surface area contributed by atoms with Crippen LogP contribution in [0, 0.1) is 0 Å². The van der Waals surface area contributed by atoms with Gasteiger partial charge in [-0.2, -0.15) is 0 Å². The van der Waals surface area contributed by atoms with Crippen molar-refractivity contribution in [1.82, 2.24) is 4.90 Å². The number of carbonyl (C=O) groups excluding carboxylic acids is 5. The van der Waals surface area contributed by atoms with Crippen molar-refractivity contribution in [1.29, 1.82) is 0 Å². The normalized spacial score (nSPS) is 24.3. The second kappa shape index (κ2) is 13.9. The summed E-state index contributed by atoms with van der Waals surface area (Å²) in [6.07, 6.45) is -6.76. The summed E-state index contributed by atoms with van der Waals surface area (Å²) in [6.45, 7) is 5.92. The van der Waals surface area contributed by atoms with Gasteiger partial charge in [-0.25, -0.2) is 0 Å². The average molecular weight is 568 g/mol. The number of esters is 4. The monoisotopic (exact) mass is 567 g/mol. The number of hydrogen-bond acceptors (Lipinski definition) is 13. The summed E-state index contributed by atoms with van der Waals surface area (Å²) in [6, 6.07) is 4.49. The van der Waals surface area contributed by atoms with Crippen molar-refractivity contribution in [2.24, 2.45) is 0 Å². The third kappa shape index (κ3) is 8.05. The lowest BCUT2D eigenvalue weighted by atomic mass is 9.98. The van der Waals surface area contributed by atoms with Crippen LogP contribution in [0.1, 0.15) is 38.1 Å². The quantitative estimate of drug-likeness (QED) is 0.302. The first-order valence-corrected chi connectivity index (χ1v) is 12.5. The predicted octanol–water partition coefficient (Wildman–Crippen LogP) is 0.630. The van der Waals surface area contributed by atoms with Gasteiger partial charge in [0.05, 0.1) is 20.3 Å². The van der Waals surface area contributed by atoms with Crippen molar-refractivity contribution in [2.45, 2.75) is 58.4 Å². The van der Waals surface area contributed by atoms with Crippen LogP contribution in [-0.4, -0.2) is 105 Å². The maximum Gasteiger partial charge on any atom is 0.303 e. The molecule has 40 heavy (non-hydrogen) atoms. The molecule has 2 aliphatic heterocycles. The Morgan fingerprint density at radius 2 is 1.43 bits per heavy atom. The van der Waals surface area contributed by atoms with Gasteiger partial charge >= 0.3 is 23.9 Å². The Bertz CT molecular complexity index is 1100. The van der Waals surface area contributed by atoms with Crippen LogP contribution in [0.25, 0.3) is 0 Å². The number of rotatable bonds is 9. The van der Waals surface area contributed by atoms with Crippen LogP contribution in [0.2, 0.25) is 0 Å². The van der Waals surface area contributed by atoms with Crippen molar-refractivity contribution in [3.8, 4) is 11.5 Å². The Balaban J connectivity index is 1.96. The Kier molecular flexibility index (Phi) is 10.7. The largest absolute Gasteiger partial charge is 0.493 e. The Labute approximate surface area is 230 Å². The molecule has 1 aromatic rings. The first kappa shape index (κ1) is 30.6. The number of carbonyl (C=O) groups is 5. The minimum Gasteiger partial charge on any atom is -0.493 e. The highest BCUT2D eigenvalue weighted by atomic mass is 16.7. The van der Waals surface area contributed by atoms with Crippen LogP contribution in [0.3, 0.4) is 0 Å². The van der Waals surface area contributed by atoms with E-state index in [0.29, 0.717) is 31.9 Å². The molecule has 220 valence electrons. The van der Waals surface area contributed by atoms with Gasteiger partial charge < -0.3 is 42.8 Å². The predicted molar refractivity (Wildman–Crippen MR) is 132 cm³/mol. The molecule has 3 rings (SSSR count). The highest BCUT2D eigenvalue weighted by Gasteiger charge is 2.53. The van der Waals surface area contributed by atoms with Crippen LogP contribution < -0.4 is 9.47 Å².